The van der Waals surface area contributed by atoms with Crippen LogP contribution in [0.2, 0.25) is 10.0 Å². The number of ether oxygens (including phenoxy) is 2. The maximum atomic E-state index is 12.9. The zero-order valence-corrected chi connectivity index (χ0v) is 21.7. The Morgan fingerprint density at radius 1 is 1.06 bits per heavy atom. The van der Waals surface area contributed by atoms with Crippen LogP contribution in [0.25, 0.3) is 6.08 Å². The van der Waals surface area contributed by atoms with Crippen molar-refractivity contribution in [1.82, 2.24) is 0 Å². The molecule has 5 nitrogen and oxygen atoms in total. The first-order valence-electron chi connectivity index (χ1n) is 9.64. The fourth-order valence-corrected chi connectivity index (χ4v) is 5.18. The third-order valence-electron chi connectivity index (χ3n) is 4.74. The Kier molecular flexibility index (Phi) is 7.53. The molecule has 0 bridgehead atoms. The molecule has 1 saturated heterocycles. The largest absolute Gasteiger partial charge is 0.493 e. The van der Waals surface area contributed by atoms with E-state index in [9.17, 15) is 9.59 Å². The number of methoxy groups -OCH3 is 1. The summed E-state index contributed by atoms with van der Waals surface area (Å²) < 4.78 is 12.3. The van der Waals surface area contributed by atoms with Crippen molar-refractivity contribution in [2.24, 2.45) is 0 Å². The standard InChI is InChI=1S/C24H16Cl2INO4S/c1-31-20-10-14(9-19(27)22(20)32-13-15-5-2-3-8-18(15)26)11-21-23(29)28(24(30)33-21)17-7-4-6-16(25)12-17/h2-12H,13H2,1H3/b21-11+. The number of carbonyl (C=O) groups is 2. The quantitative estimate of drug-likeness (QED) is 0.214. The highest BCUT2D eigenvalue weighted by atomic mass is 127. The molecule has 1 aliphatic rings. The van der Waals surface area contributed by atoms with Gasteiger partial charge in [-0.25, -0.2) is 4.90 Å². The molecule has 0 spiro atoms. The van der Waals surface area contributed by atoms with Crippen LogP contribution in [0.1, 0.15) is 11.1 Å². The predicted octanol–water partition coefficient (Wildman–Crippen LogP) is 7.43. The van der Waals surface area contributed by atoms with E-state index in [0.29, 0.717) is 37.7 Å². The van der Waals surface area contributed by atoms with E-state index in [1.165, 1.54) is 0 Å². The molecule has 1 aliphatic heterocycles. The third kappa shape index (κ3) is 5.32. The predicted molar refractivity (Wildman–Crippen MR) is 141 cm³/mol. The van der Waals surface area contributed by atoms with E-state index in [1.54, 1.807) is 43.5 Å². The number of nitrogens with zero attached hydrogens (tertiary/aromatic N) is 1. The molecule has 9 heteroatoms. The van der Waals surface area contributed by atoms with Gasteiger partial charge in [-0.3, -0.25) is 9.59 Å². The first kappa shape index (κ1) is 23.9. The summed E-state index contributed by atoms with van der Waals surface area (Å²) in [5.41, 5.74) is 2.00. The molecular weight excluding hydrogens is 596 g/mol. The van der Waals surface area contributed by atoms with Crippen molar-refractivity contribution in [2.75, 3.05) is 12.0 Å². The first-order chi connectivity index (χ1) is 15.9. The summed E-state index contributed by atoms with van der Waals surface area (Å²) in [6.07, 6.45) is 1.66. The van der Waals surface area contributed by atoms with E-state index in [-0.39, 0.29) is 11.8 Å². The van der Waals surface area contributed by atoms with Crippen LogP contribution < -0.4 is 14.4 Å². The third-order valence-corrected chi connectivity index (χ3v) is 7.01. The number of amides is 2. The van der Waals surface area contributed by atoms with Crippen molar-refractivity contribution in [1.29, 1.82) is 0 Å². The number of hydrogen-bond acceptors (Lipinski definition) is 5. The van der Waals surface area contributed by atoms with Crippen LogP contribution in [-0.2, 0) is 11.4 Å². The van der Waals surface area contributed by atoms with E-state index in [4.69, 9.17) is 32.7 Å². The maximum Gasteiger partial charge on any atom is 0.298 e. The van der Waals surface area contributed by atoms with E-state index in [0.717, 1.165) is 25.8 Å². The Morgan fingerprint density at radius 2 is 1.85 bits per heavy atom. The number of hydrogen-bond donors (Lipinski definition) is 0. The first-order valence-corrected chi connectivity index (χ1v) is 12.3. The van der Waals surface area contributed by atoms with Gasteiger partial charge in [-0.1, -0.05) is 47.5 Å². The minimum atomic E-state index is -0.403. The number of anilines is 1. The summed E-state index contributed by atoms with van der Waals surface area (Å²) in [4.78, 5) is 26.9. The van der Waals surface area contributed by atoms with Gasteiger partial charge in [0.1, 0.15) is 6.61 Å². The Hall–Kier alpha value is -2.20. The maximum absolute atomic E-state index is 12.9. The SMILES string of the molecule is COc1cc(/C=C2/SC(=O)N(c3cccc(Cl)c3)C2=O)cc(I)c1OCc1ccccc1Cl. The fourth-order valence-electron chi connectivity index (χ4n) is 3.19. The number of rotatable bonds is 6. The number of halogens is 3. The number of benzene rings is 3. The Balaban J connectivity index is 1.59. The summed E-state index contributed by atoms with van der Waals surface area (Å²) in [5, 5.41) is 0.690. The van der Waals surface area contributed by atoms with Gasteiger partial charge in [-0.15, -0.1) is 0 Å². The molecule has 33 heavy (non-hydrogen) atoms. The lowest BCUT2D eigenvalue weighted by Crippen LogP contribution is -2.27. The van der Waals surface area contributed by atoms with Crippen molar-refractivity contribution < 1.29 is 19.1 Å². The topological polar surface area (TPSA) is 55.8 Å². The average molecular weight is 612 g/mol. The van der Waals surface area contributed by atoms with Crippen LogP contribution in [-0.4, -0.2) is 18.3 Å². The second kappa shape index (κ2) is 10.4. The number of thioether (sulfide) groups is 1. The molecule has 0 N–H and O–H groups in total. The summed E-state index contributed by atoms with van der Waals surface area (Å²) >= 11 is 15.3. The zero-order valence-electron chi connectivity index (χ0n) is 17.2. The van der Waals surface area contributed by atoms with Crippen LogP contribution in [0, 0.1) is 3.57 Å². The van der Waals surface area contributed by atoms with Crippen LogP contribution in [0.5, 0.6) is 11.5 Å². The van der Waals surface area contributed by atoms with Gasteiger partial charge in [-0.05, 0) is 82.4 Å². The molecular formula is C24H16Cl2INO4S. The fraction of sp³-hybridized carbons (Fsp3) is 0.0833. The van der Waals surface area contributed by atoms with E-state index >= 15 is 0 Å². The van der Waals surface area contributed by atoms with Crippen molar-refractivity contribution >= 4 is 80.5 Å². The van der Waals surface area contributed by atoms with E-state index in [2.05, 4.69) is 22.6 Å². The summed E-state index contributed by atoms with van der Waals surface area (Å²) in [5.74, 6) is 0.678. The molecule has 1 heterocycles. The van der Waals surface area contributed by atoms with Gasteiger partial charge in [0, 0.05) is 15.6 Å². The molecule has 0 radical (unpaired) electrons. The highest BCUT2D eigenvalue weighted by Gasteiger charge is 2.36. The number of carbonyl (C=O) groups excluding carboxylic acids is 2. The van der Waals surface area contributed by atoms with Gasteiger partial charge in [0.25, 0.3) is 11.1 Å². The second-order valence-electron chi connectivity index (χ2n) is 6.91. The smallest absolute Gasteiger partial charge is 0.298 e. The highest BCUT2D eigenvalue weighted by molar-refractivity contribution is 14.1. The lowest BCUT2D eigenvalue weighted by Gasteiger charge is -2.14. The van der Waals surface area contributed by atoms with Crippen LogP contribution in [0.4, 0.5) is 10.5 Å². The molecule has 0 saturated carbocycles. The van der Waals surface area contributed by atoms with Gasteiger partial charge in [-0.2, -0.15) is 0 Å². The Labute approximate surface area is 218 Å². The van der Waals surface area contributed by atoms with Gasteiger partial charge in [0.05, 0.1) is 21.3 Å². The molecule has 0 unspecified atom stereocenters. The van der Waals surface area contributed by atoms with Gasteiger partial charge in [0.15, 0.2) is 11.5 Å². The van der Waals surface area contributed by atoms with Crippen LogP contribution in [0.15, 0.2) is 65.6 Å². The lowest BCUT2D eigenvalue weighted by atomic mass is 10.1. The van der Waals surface area contributed by atoms with Crippen molar-refractivity contribution in [3.63, 3.8) is 0 Å². The van der Waals surface area contributed by atoms with Crippen molar-refractivity contribution in [3.8, 4) is 11.5 Å². The van der Waals surface area contributed by atoms with Crippen molar-refractivity contribution in [3.05, 3.63) is 90.3 Å². The van der Waals surface area contributed by atoms with Gasteiger partial charge >= 0.3 is 0 Å². The molecule has 0 aliphatic carbocycles. The van der Waals surface area contributed by atoms with E-state index in [1.807, 2.05) is 30.3 Å². The summed E-state index contributed by atoms with van der Waals surface area (Å²) in [7, 11) is 1.55. The number of imide groups is 1. The van der Waals surface area contributed by atoms with Crippen molar-refractivity contribution in [2.45, 2.75) is 6.61 Å². The second-order valence-corrected chi connectivity index (χ2v) is 9.91. The average Bonchev–Trinajstić information content (AvgIpc) is 3.06. The summed E-state index contributed by atoms with van der Waals surface area (Å²) in [6, 6.07) is 17.7. The Bertz CT molecular complexity index is 1280. The molecule has 3 aromatic rings. The highest BCUT2D eigenvalue weighted by Crippen LogP contribution is 2.39. The van der Waals surface area contributed by atoms with E-state index < -0.39 is 5.91 Å². The van der Waals surface area contributed by atoms with Crippen LogP contribution in [0.3, 0.4) is 0 Å². The normalized spacial score (nSPS) is 14.8. The molecule has 0 atom stereocenters. The molecule has 4 rings (SSSR count). The molecule has 0 aromatic heterocycles. The zero-order chi connectivity index (χ0) is 23.5. The minimum Gasteiger partial charge on any atom is -0.493 e. The lowest BCUT2D eigenvalue weighted by molar-refractivity contribution is -0.113. The molecule has 1 fully saturated rings. The Morgan fingerprint density at radius 3 is 2.58 bits per heavy atom. The minimum absolute atomic E-state index is 0.282. The summed E-state index contributed by atoms with van der Waals surface area (Å²) in [6.45, 7) is 0.282. The molecule has 168 valence electrons. The monoisotopic (exact) mass is 611 g/mol. The molecule has 3 aromatic carbocycles. The van der Waals surface area contributed by atoms with Crippen LogP contribution >= 0.6 is 57.6 Å². The van der Waals surface area contributed by atoms with Gasteiger partial charge in [0.2, 0.25) is 0 Å². The molecule has 2 amide bonds. The van der Waals surface area contributed by atoms with Gasteiger partial charge < -0.3 is 9.47 Å².